The van der Waals surface area contributed by atoms with E-state index in [9.17, 15) is 0 Å². The molecule has 0 saturated heterocycles. The maximum absolute atomic E-state index is 9.10. The zero-order chi connectivity index (χ0) is 12.3. The zero-order valence-electron chi connectivity index (χ0n) is 11.5. The van der Waals surface area contributed by atoms with E-state index in [0.717, 1.165) is 5.25 Å². The van der Waals surface area contributed by atoms with Crippen molar-refractivity contribution in [1.29, 1.82) is 5.26 Å². The Labute approximate surface area is 105 Å². The van der Waals surface area contributed by atoms with Gasteiger partial charge in [-0.3, -0.25) is 0 Å². The van der Waals surface area contributed by atoms with Crippen LogP contribution in [0.5, 0.6) is 0 Å². The van der Waals surface area contributed by atoms with Crippen LogP contribution in [-0.2, 0) is 0 Å². The number of nitriles is 1. The molecule has 1 nitrogen and oxygen atoms in total. The fraction of sp³-hybridized carbons (Fsp3) is 0.929. The van der Waals surface area contributed by atoms with E-state index in [1.54, 1.807) is 0 Å². The van der Waals surface area contributed by atoms with Gasteiger partial charge < -0.3 is 0 Å². The second-order valence-electron chi connectivity index (χ2n) is 5.15. The average molecular weight is 284 g/mol. The van der Waals surface area contributed by atoms with Crippen molar-refractivity contribution in [2.24, 2.45) is 0 Å². The predicted molar refractivity (Wildman–Crippen MR) is 75.3 cm³/mol. The van der Waals surface area contributed by atoms with E-state index in [-0.39, 0.29) is 0 Å². The summed E-state index contributed by atoms with van der Waals surface area (Å²) in [5, 5.41) is 14.4. The SMILES string of the molecule is CCC[CH2][Ge]([CH2]C#N)([CH2]CCC)[CH2]CCC. The molecule has 2 heteroatoms. The number of hydrogen-bond acceptors (Lipinski definition) is 1. The summed E-state index contributed by atoms with van der Waals surface area (Å²) in [6.07, 6.45) is 8.02. The van der Waals surface area contributed by atoms with E-state index >= 15 is 0 Å². The molecule has 0 aromatic heterocycles. The summed E-state index contributed by atoms with van der Waals surface area (Å²) in [5.74, 6) is 0. The van der Waals surface area contributed by atoms with Gasteiger partial charge >= 0.3 is 105 Å². The molecule has 0 N–H and O–H groups in total. The molecular weight excluding hydrogens is 255 g/mol. The molecule has 0 radical (unpaired) electrons. The average Bonchev–Trinajstić information content (AvgIpc) is 2.31. The number of hydrogen-bond donors (Lipinski definition) is 0. The fourth-order valence-corrected chi connectivity index (χ4v) is 12.8. The molecule has 0 bridgehead atoms. The quantitative estimate of drug-likeness (QED) is 0.495. The molecular formula is C14H29GeN. The zero-order valence-corrected chi connectivity index (χ0v) is 13.6. The summed E-state index contributed by atoms with van der Waals surface area (Å²) < 4.78 is 0. The van der Waals surface area contributed by atoms with E-state index in [4.69, 9.17) is 5.26 Å². The summed E-state index contributed by atoms with van der Waals surface area (Å²) in [6.45, 7) is 6.83. The molecule has 0 amide bonds. The molecule has 0 atom stereocenters. The van der Waals surface area contributed by atoms with Gasteiger partial charge in [-0.05, 0) is 0 Å². The van der Waals surface area contributed by atoms with Crippen molar-refractivity contribution in [3.63, 3.8) is 0 Å². The number of unbranched alkanes of at least 4 members (excludes halogenated alkanes) is 3. The molecule has 0 saturated carbocycles. The van der Waals surface area contributed by atoms with Crippen molar-refractivity contribution in [2.75, 3.05) is 0 Å². The number of rotatable bonds is 10. The molecule has 16 heavy (non-hydrogen) atoms. The molecule has 94 valence electrons. The molecule has 0 aliphatic rings. The summed E-state index contributed by atoms with van der Waals surface area (Å²) >= 11 is -1.77. The normalized spacial score (nSPS) is 11.4. The Bertz CT molecular complexity index is 174. The predicted octanol–water partition coefficient (Wildman–Crippen LogP) is 5.36. The Morgan fingerprint density at radius 2 is 1.19 bits per heavy atom. The topological polar surface area (TPSA) is 23.8 Å². The van der Waals surface area contributed by atoms with Crippen molar-refractivity contribution < 1.29 is 0 Å². The Kier molecular flexibility index (Phi) is 10.2. The second kappa shape index (κ2) is 10.2. The van der Waals surface area contributed by atoms with Crippen LogP contribution in [0.4, 0.5) is 0 Å². The monoisotopic (exact) mass is 285 g/mol. The Balaban J connectivity index is 4.39. The summed E-state index contributed by atoms with van der Waals surface area (Å²) in [7, 11) is 0. The number of nitrogens with zero attached hydrogens (tertiary/aromatic N) is 1. The second-order valence-corrected chi connectivity index (χ2v) is 15.3. The fourth-order valence-electron chi connectivity index (χ4n) is 2.46. The third-order valence-corrected chi connectivity index (χ3v) is 14.4. The molecule has 0 aromatic rings. The van der Waals surface area contributed by atoms with E-state index in [0.29, 0.717) is 0 Å². The van der Waals surface area contributed by atoms with Crippen LogP contribution in [0.3, 0.4) is 0 Å². The first kappa shape index (κ1) is 16.0. The standard InChI is InChI=1S/C14H29GeN/c1-4-7-10-15(13-14-16,11-8-5-2)12-9-6-3/h4-13H2,1-3H3. The van der Waals surface area contributed by atoms with Crippen molar-refractivity contribution in [1.82, 2.24) is 0 Å². The molecule has 0 fully saturated rings. The Hall–Kier alpha value is 0.0329. The first-order chi connectivity index (χ1) is 7.74. The van der Waals surface area contributed by atoms with Crippen LogP contribution in [0.2, 0.25) is 21.0 Å². The van der Waals surface area contributed by atoms with Crippen LogP contribution in [-0.4, -0.2) is 13.3 Å². The van der Waals surface area contributed by atoms with Gasteiger partial charge in [0.15, 0.2) is 0 Å². The molecule has 0 spiro atoms. The molecule has 0 aromatic carbocycles. The summed E-state index contributed by atoms with van der Waals surface area (Å²) in [4.78, 5) is 0. The first-order valence-corrected chi connectivity index (χ1v) is 13.0. The third kappa shape index (κ3) is 6.58. The van der Waals surface area contributed by atoms with E-state index in [1.165, 1.54) is 54.3 Å². The summed E-state index contributed by atoms with van der Waals surface area (Å²) in [6, 6.07) is 2.52. The van der Waals surface area contributed by atoms with Crippen molar-refractivity contribution >= 4 is 13.3 Å². The van der Waals surface area contributed by atoms with Crippen LogP contribution >= 0.6 is 0 Å². The van der Waals surface area contributed by atoms with E-state index in [1.807, 2.05) is 0 Å². The molecule has 0 unspecified atom stereocenters. The van der Waals surface area contributed by atoms with Crippen molar-refractivity contribution in [2.45, 2.75) is 80.3 Å². The summed E-state index contributed by atoms with van der Waals surface area (Å²) in [5.41, 5.74) is 0. The van der Waals surface area contributed by atoms with Gasteiger partial charge in [0.2, 0.25) is 0 Å². The molecule has 0 rings (SSSR count). The van der Waals surface area contributed by atoms with Crippen molar-refractivity contribution in [3.05, 3.63) is 0 Å². The van der Waals surface area contributed by atoms with Gasteiger partial charge in [0.25, 0.3) is 0 Å². The van der Waals surface area contributed by atoms with Gasteiger partial charge in [0.05, 0.1) is 0 Å². The van der Waals surface area contributed by atoms with Crippen LogP contribution < -0.4 is 0 Å². The minimum absolute atomic E-state index is 0.958. The van der Waals surface area contributed by atoms with Gasteiger partial charge in [-0.2, -0.15) is 0 Å². The van der Waals surface area contributed by atoms with Crippen molar-refractivity contribution in [3.8, 4) is 6.07 Å². The maximum atomic E-state index is 9.10. The van der Waals surface area contributed by atoms with E-state index in [2.05, 4.69) is 26.8 Å². The van der Waals surface area contributed by atoms with Crippen LogP contribution in [0.25, 0.3) is 0 Å². The molecule has 0 heterocycles. The van der Waals surface area contributed by atoms with Gasteiger partial charge in [-0.1, -0.05) is 0 Å². The van der Waals surface area contributed by atoms with Gasteiger partial charge in [0.1, 0.15) is 0 Å². The van der Waals surface area contributed by atoms with Gasteiger partial charge in [-0.25, -0.2) is 0 Å². The van der Waals surface area contributed by atoms with Gasteiger partial charge in [0, 0.05) is 0 Å². The van der Waals surface area contributed by atoms with Crippen LogP contribution in [0, 0.1) is 11.3 Å². The van der Waals surface area contributed by atoms with Gasteiger partial charge in [-0.15, -0.1) is 0 Å². The van der Waals surface area contributed by atoms with Crippen LogP contribution in [0.15, 0.2) is 0 Å². The first-order valence-electron chi connectivity index (χ1n) is 7.11. The third-order valence-electron chi connectivity index (χ3n) is 3.64. The molecule has 0 aliphatic carbocycles. The van der Waals surface area contributed by atoms with E-state index < -0.39 is 13.3 Å². The minimum atomic E-state index is -1.77. The Morgan fingerprint density at radius 1 is 0.812 bits per heavy atom. The molecule has 0 aliphatic heterocycles. The Morgan fingerprint density at radius 3 is 1.44 bits per heavy atom. The van der Waals surface area contributed by atoms with Crippen LogP contribution in [0.1, 0.15) is 59.3 Å².